The lowest BCUT2D eigenvalue weighted by atomic mass is 10.2. The number of hydrogen-bond donors (Lipinski definition) is 1. The van der Waals surface area contributed by atoms with E-state index in [2.05, 4.69) is 10.2 Å². The summed E-state index contributed by atoms with van der Waals surface area (Å²) in [6.07, 6.45) is 1.95. The minimum absolute atomic E-state index is 0.0270. The van der Waals surface area contributed by atoms with E-state index >= 15 is 0 Å². The molecule has 0 radical (unpaired) electrons. The van der Waals surface area contributed by atoms with Crippen LogP contribution in [0.15, 0.2) is 40.3 Å². The Balaban J connectivity index is 1.69. The van der Waals surface area contributed by atoms with Gasteiger partial charge < -0.3 is 9.32 Å². The van der Waals surface area contributed by atoms with Crippen LogP contribution in [0.4, 0.5) is 0 Å². The zero-order valence-electron chi connectivity index (χ0n) is 13.4. The molecule has 1 atom stereocenters. The number of nitrogens with zero attached hydrogens (tertiary/aromatic N) is 3. The highest BCUT2D eigenvalue weighted by molar-refractivity contribution is 7.71. The number of carbonyl (C=O) groups is 1. The van der Waals surface area contributed by atoms with Gasteiger partial charge >= 0.3 is 0 Å². The molecule has 1 amide bonds. The molecule has 0 saturated carbocycles. The maximum absolute atomic E-state index is 12.5. The highest BCUT2D eigenvalue weighted by Crippen LogP contribution is 2.24. The van der Waals surface area contributed by atoms with Crippen molar-refractivity contribution in [2.24, 2.45) is 0 Å². The lowest BCUT2D eigenvalue weighted by Gasteiger charge is -2.23. The van der Waals surface area contributed by atoms with Crippen LogP contribution in [0.25, 0.3) is 10.7 Å². The van der Waals surface area contributed by atoms with Crippen LogP contribution in [-0.2, 0) is 11.3 Å². The molecule has 3 rings (SSSR count). The summed E-state index contributed by atoms with van der Waals surface area (Å²) in [5, 5.41) is 9.07. The Morgan fingerprint density at radius 3 is 3.00 bits per heavy atom. The summed E-state index contributed by atoms with van der Waals surface area (Å²) in [7, 11) is 1.78. The Kier molecular flexibility index (Phi) is 4.96. The highest BCUT2D eigenvalue weighted by atomic mass is 32.1. The number of rotatable bonds is 6. The van der Waals surface area contributed by atoms with E-state index in [1.165, 1.54) is 0 Å². The molecule has 0 bridgehead atoms. The minimum Gasteiger partial charge on any atom is -0.467 e. The van der Waals surface area contributed by atoms with Crippen molar-refractivity contribution < 1.29 is 9.21 Å². The zero-order chi connectivity index (χ0) is 17.1. The molecule has 0 fully saturated rings. The smallest absolute Gasteiger partial charge is 0.224 e. The number of furan rings is 1. The fraction of sp³-hybridized carbons (Fsp3) is 0.312. The number of aromatic nitrogens is 3. The molecule has 0 saturated heterocycles. The third-order valence-corrected chi connectivity index (χ3v) is 5.16. The maximum atomic E-state index is 12.5. The van der Waals surface area contributed by atoms with Gasteiger partial charge in [-0.1, -0.05) is 6.07 Å². The van der Waals surface area contributed by atoms with Crippen LogP contribution >= 0.6 is 23.6 Å². The second kappa shape index (κ2) is 7.14. The second-order valence-electron chi connectivity index (χ2n) is 5.43. The van der Waals surface area contributed by atoms with Crippen molar-refractivity contribution >= 4 is 29.5 Å². The molecule has 1 N–H and O–H groups in total. The average Bonchev–Trinajstić information content (AvgIpc) is 3.32. The number of carbonyl (C=O) groups excluding carboxylic acids is 1. The van der Waals surface area contributed by atoms with Crippen molar-refractivity contribution in [1.29, 1.82) is 0 Å². The summed E-state index contributed by atoms with van der Waals surface area (Å²) in [6.45, 7) is 2.42. The standard InChI is InChI=1S/C16H18N4O2S2/c1-11(12-5-3-9-22-12)19(2)14(21)7-8-20-15(17-18-16(20)23)13-6-4-10-24-13/h3-6,9-11H,7-8H2,1-2H3,(H,18,23). The molecule has 3 heterocycles. The Bertz CT molecular complexity index is 849. The SMILES string of the molecule is CC(c1ccco1)N(C)C(=O)CCn1c(-c2cccs2)n[nH]c1=S. The lowest BCUT2D eigenvalue weighted by Crippen LogP contribution is -2.30. The second-order valence-corrected chi connectivity index (χ2v) is 6.76. The fourth-order valence-corrected chi connectivity index (χ4v) is 3.38. The Morgan fingerprint density at radius 2 is 2.33 bits per heavy atom. The van der Waals surface area contributed by atoms with Gasteiger partial charge in [0.25, 0.3) is 0 Å². The van der Waals surface area contributed by atoms with Crippen LogP contribution in [0.3, 0.4) is 0 Å². The molecular formula is C16H18N4O2S2. The van der Waals surface area contributed by atoms with Gasteiger partial charge in [-0.2, -0.15) is 5.10 Å². The first kappa shape index (κ1) is 16.7. The van der Waals surface area contributed by atoms with Gasteiger partial charge in [-0.05, 0) is 42.7 Å². The highest BCUT2D eigenvalue weighted by Gasteiger charge is 2.20. The third kappa shape index (κ3) is 3.34. The van der Waals surface area contributed by atoms with E-state index in [9.17, 15) is 4.79 Å². The largest absolute Gasteiger partial charge is 0.467 e. The summed E-state index contributed by atoms with van der Waals surface area (Å²) >= 11 is 6.88. The molecule has 0 spiro atoms. The van der Waals surface area contributed by atoms with Crippen LogP contribution in [0.2, 0.25) is 0 Å². The van der Waals surface area contributed by atoms with Crippen LogP contribution in [0.1, 0.15) is 25.1 Å². The summed E-state index contributed by atoms with van der Waals surface area (Å²) < 4.78 is 7.76. The van der Waals surface area contributed by atoms with Crippen molar-refractivity contribution in [2.75, 3.05) is 7.05 Å². The van der Waals surface area contributed by atoms with Crippen molar-refractivity contribution in [2.45, 2.75) is 25.9 Å². The van der Waals surface area contributed by atoms with Gasteiger partial charge in [-0.3, -0.25) is 14.5 Å². The van der Waals surface area contributed by atoms with E-state index in [-0.39, 0.29) is 11.9 Å². The Labute approximate surface area is 148 Å². The van der Waals surface area contributed by atoms with E-state index in [0.717, 1.165) is 16.5 Å². The van der Waals surface area contributed by atoms with E-state index < -0.39 is 0 Å². The van der Waals surface area contributed by atoms with Crippen molar-refractivity contribution in [1.82, 2.24) is 19.7 Å². The first-order chi connectivity index (χ1) is 11.6. The summed E-state index contributed by atoms with van der Waals surface area (Å²) in [6, 6.07) is 7.53. The predicted molar refractivity (Wildman–Crippen MR) is 95.2 cm³/mol. The monoisotopic (exact) mass is 362 g/mol. The van der Waals surface area contributed by atoms with Gasteiger partial charge in [0.2, 0.25) is 5.91 Å². The summed E-state index contributed by atoms with van der Waals surface area (Å²) in [5.74, 6) is 1.56. The molecule has 0 aliphatic heterocycles. The minimum atomic E-state index is -0.110. The molecule has 0 aliphatic carbocycles. The van der Waals surface area contributed by atoms with Crippen LogP contribution < -0.4 is 0 Å². The number of amides is 1. The van der Waals surface area contributed by atoms with Gasteiger partial charge in [0.05, 0.1) is 17.2 Å². The van der Waals surface area contributed by atoms with Crippen LogP contribution in [0, 0.1) is 4.77 Å². The zero-order valence-corrected chi connectivity index (χ0v) is 15.1. The first-order valence-electron chi connectivity index (χ1n) is 7.56. The molecule has 126 valence electrons. The molecule has 1 unspecified atom stereocenters. The Morgan fingerprint density at radius 1 is 1.50 bits per heavy atom. The fourth-order valence-electron chi connectivity index (χ4n) is 2.44. The van der Waals surface area contributed by atoms with Gasteiger partial charge in [0.1, 0.15) is 5.76 Å². The number of hydrogen-bond acceptors (Lipinski definition) is 5. The van der Waals surface area contributed by atoms with Crippen molar-refractivity contribution in [3.05, 3.63) is 46.4 Å². The van der Waals surface area contributed by atoms with Crippen LogP contribution in [-0.4, -0.2) is 32.6 Å². The van der Waals surface area contributed by atoms with Crippen molar-refractivity contribution in [3.8, 4) is 10.7 Å². The van der Waals surface area contributed by atoms with Gasteiger partial charge in [-0.25, -0.2) is 0 Å². The van der Waals surface area contributed by atoms with E-state index in [1.807, 2.05) is 41.1 Å². The summed E-state index contributed by atoms with van der Waals surface area (Å²) in [5.41, 5.74) is 0. The molecule has 3 aromatic heterocycles. The summed E-state index contributed by atoms with van der Waals surface area (Å²) in [4.78, 5) is 15.2. The predicted octanol–water partition coefficient (Wildman–Crippen LogP) is 3.87. The first-order valence-corrected chi connectivity index (χ1v) is 8.85. The average molecular weight is 362 g/mol. The van der Waals surface area contributed by atoms with E-state index in [4.69, 9.17) is 16.6 Å². The quantitative estimate of drug-likeness (QED) is 0.676. The van der Waals surface area contributed by atoms with Crippen LogP contribution in [0.5, 0.6) is 0 Å². The van der Waals surface area contributed by atoms with Gasteiger partial charge in [0, 0.05) is 20.0 Å². The van der Waals surface area contributed by atoms with Crippen molar-refractivity contribution in [3.63, 3.8) is 0 Å². The lowest BCUT2D eigenvalue weighted by molar-refractivity contribution is -0.132. The third-order valence-electron chi connectivity index (χ3n) is 3.98. The molecule has 0 aromatic carbocycles. The maximum Gasteiger partial charge on any atom is 0.224 e. The van der Waals surface area contributed by atoms with E-state index in [1.54, 1.807) is 29.5 Å². The topological polar surface area (TPSA) is 67.1 Å². The normalized spacial score (nSPS) is 12.2. The number of H-pyrrole nitrogens is 1. The molecule has 0 aliphatic rings. The molecule has 24 heavy (non-hydrogen) atoms. The number of thiophene rings is 1. The molecule has 8 heteroatoms. The Hall–Kier alpha value is -2.19. The number of aromatic amines is 1. The molecule has 3 aromatic rings. The van der Waals surface area contributed by atoms with Gasteiger partial charge in [0.15, 0.2) is 10.6 Å². The van der Waals surface area contributed by atoms with Gasteiger partial charge in [-0.15, -0.1) is 11.3 Å². The molecule has 6 nitrogen and oxygen atoms in total. The number of nitrogens with one attached hydrogen (secondary N) is 1. The molecular weight excluding hydrogens is 344 g/mol. The van der Waals surface area contributed by atoms with E-state index in [0.29, 0.717) is 17.7 Å².